The lowest BCUT2D eigenvalue weighted by Gasteiger charge is -2.23. The first-order valence-corrected chi connectivity index (χ1v) is 8.57. The number of hydrogen-bond acceptors (Lipinski definition) is 4. The lowest BCUT2D eigenvalue weighted by atomic mass is 10.1. The third-order valence-corrected chi connectivity index (χ3v) is 4.58. The summed E-state index contributed by atoms with van der Waals surface area (Å²) < 4.78 is 5.31. The molecule has 0 aliphatic carbocycles. The van der Waals surface area contributed by atoms with Crippen LogP contribution in [-0.2, 0) is 11.2 Å². The standard InChI is InChI=1S/C15H22N2O3S/c1-3-5-7-16-14(18)12-9-21-10-17(12)15(19)11-6-8-20-13(11)4-2/h6,8,12H,3-5,7,9-10H2,1-2H3,(H,16,18)/t12-/m1/s1. The zero-order valence-corrected chi connectivity index (χ0v) is 13.4. The number of rotatable bonds is 6. The molecule has 6 heteroatoms. The third kappa shape index (κ3) is 3.61. The molecule has 1 aromatic heterocycles. The molecule has 2 heterocycles. The Morgan fingerprint density at radius 2 is 2.29 bits per heavy atom. The molecule has 0 saturated carbocycles. The Bertz CT molecular complexity index is 501. The van der Waals surface area contributed by atoms with Gasteiger partial charge in [0.15, 0.2) is 0 Å². The Hall–Kier alpha value is -1.43. The van der Waals surface area contributed by atoms with Gasteiger partial charge in [0.25, 0.3) is 5.91 Å². The maximum Gasteiger partial charge on any atom is 0.258 e. The number of furan rings is 1. The van der Waals surface area contributed by atoms with Crippen LogP contribution >= 0.6 is 11.8 Å². The largest absolute Gasteiger partial charge is 0.469 e. The molecule has 2 amide bonds. The van der Waals surface area contributed by atoms with Crippen LogP contribution in [0.5, 0.6) is 0 Å². The van der Waals surface area contributed by atoms with E-state index in [9.17, 15) is 9.59 Å². The van der Waals surface area contributed by atoms with Crippen molar-refractivity contribution in [2.45, 2.75) is 39.2 Å². The Labute approximate surface area is 129 Å². The van der Waals surface area contributed by atoms with E-state index >= 15 is 0 Å². The van der Waals surface area contributed by atoms with Gasteiger partial charge < -0.3 is 14.6 Å². The van der Waals surface area contributed by atoms with Crippen LogP contribution < -0.4 is 5.32 Å². The summed E-state index contributed by atoms with van der Waals surface area (Å²) in [6.45, 7) is 4.70. The minimum atomic E-state index is -0.376. The van der Waals surface area contributed by atoms with Crippen molar-refractivity contribution in [1.82, 2.24) is 10.2 Å². The molecule has 1 aromatic rings. The van der Waals surface area contributed by atoms with E-state index in [2.05, 4.69) is 12.2 Å². The van der Waals surface area contributed by atoms with E-state index in [1.807, 2.05) is 6.92 Å². The molecule has 0 aromatic carbocycles. The Kier molecular flexibility index (Phi) is 5.73. The highest BCUT2D eigenvalue weighted by atomic mass is 32.2. The highest BCUT2D eigenvalue weighted by Gasteiger charge is 2.35. The number of unbranched alkanes of at least 4 members (excludes halogenated alkanes) is 1. The second kappa shape index (κ2) is 7.54. The summed E-state index contributed by atoms with van der Waals surface area (Å²) in [5.41, 5.74) is 0.575. The maximum atomic E-state index is 12.6. The van der Waals surface area contributed by atoms with Gasteiger partial charge in [-0.25, -0.2) is 0 Å². The Morgan fingerprint density at radius 1 is 1.48 bits per heavy atom. The second-order valence-electron chi connectivity index (χ2n) is 5.05. The van der Waals surface area contributed by atoms with Crippen molar-refractivity contribution in [3.63, 3.8) is 0 Å². The summed E-state index contributed by atoms with van der Waals surface area (Å²) in [5, 5.41) is 2.91. The first kappa shape index (κ1) is 15.9. The van der Waals surface area contributed by atoms with Crippen molar-refractivity contribution in [3.05, 3.63) is 23.7 Å². The molecule has 21 heavy (non-hydrogen) atoms. The monoisotopic (exact) mass is 310 g/mol. The zero-order chi connectivity index (χ0) is 15.2. The number of hydrogen-bond donors (Lipinski definition) is 1. The summed E-state index contributed by atoms with van der Waals surface area (Å²) in [4.78, 5) is 26.5. The van der Waals surface area contributed by atoms with Crippen molar-refractivity contribution in [2.75, 3.05) is 18.2 Å². The van der Waals surface area contributed by atoms with Crippen molar-refractivity contribution in [1.29, 1.82) is 0 Å². The zero-order valence-electron chi connectivity index (χ0n) is 12.6. The summed E-state index contributed by atoms with van der Waals surface area (Å²) in [5.74, 6) is 1.73. The van der Waals surface area contributed by atoms with E-state index in [0.29, 0.717) is 35.9 Å². The van der Waals surface area contributed by atoms with Crippen molar-refractivity contribution >= 4 is 23.6 Å². The smallest absolute Gasteiger partial charge is 0.258 e. The van der Waals surface area contributed by atoms with Gasteiger partial charge in [-0.05, 0) is 12.5 Å². The van der Waals surface area contributed by atoms with Crippen LogP contribution in [0.15, 0.2) is 16.7 Å². The fraction of sp³-hybridized carbons (Fsp3) is 0.600. The molecule has 0 spiro atoms. The third-order valence-electron chi connectivity index (χ3n) is 3.57. The molecule has 116 valence electrons. The summed E-state index contributed by atoms with van der Waals surface area (Å²) in [6, 6.07) is 1.31. The van der Waals surface area contributed by atoms with Crippen molar-refractivity contribution < 1.29 is 14.0 Å². The fourth-order valence-electron chi connectivity index (χ4n) is 2.33. The number of nitrogens with one attached hydrogen (secondary N) is 1. The van der Waals surface area contributed by atoms with Crippen LogP contribution in [0.1, 0.15) is 42.8 Å². The number of amides is 2. The number of aryl methyl sites for hydroxylation is 1. The highest BCUT2D eigenvalue weighted by molar-refractivity contribution is 7.99. The van der Waals surface area contributed by atoms with E-state index in [1.165, 1.54) is 6.26 Å². The highest BCUT2D eigenvalue weighted by Crippen LogP contribution is 2.25. The van der Waals surface area contributed by atoms with Gasteiger partial charge in [0.2, 0.25) is 5.91 Å². The van der Waals surface area contributed by atoms with Crippen LogP contribution in [0, 0.1) is 0 Å². The maximum absolute atomic E-state index is 12.6. The first-order chi connectivity index (χ1) is 10.2. The Balaban J connectivity index is 2.04. The molecule has 1 atom stereocenters. The van der Waals surface area contributed by atoms with E-state index < -0.39 is 0 Å². The number of carbonyl (C=O) groups excluding carboxylic acids is 2. The molecular formula is C15H22N2O3S. The van der Waals surface area contributed by atoms with Crippen molar-refractivity contribution in [3.8, 4) is 0 Å². The average molecular weight is 310 g/mol. The molecular weight excluding hydrogens is 288 g/mol. The van der Waals surface area contributed by atoms with Gasteiger partial charge in [-0.3, -0.25) is 9.59 Å². The molecule has 0 unspecified atom stereocenters. The predicted molar refractivity (Wildman–Crippen MR) is 83.3 cm³/mol. The quantitative estimate of drug-likeness (QED) is 0.819. The molecule has 0 bridgehead atoms. The molecule has 1 saturated heterocycles. The second-order valence-corrected chi connectivity index (χ2v) is 6.05. The fourth-order valence-corrected chi connectivity index (χ4v) is 3.48. The summed E-state index contributed by atoms with van der Waals surface area (Å²) in [6.07, 6.45) is 4.20. The van der Waals surface area contributed by atoms with Gasteiger partial charge in [0.1, 0.15) is 11.8 Å². The van der Waals surface area contributed by atoms with Gasteiger partial charge in [-0.2, -0.15) is 0 Å². The van der Waals surface area contributed by atoms with Crippen molar-refractivity contribution in [2.24, 2.45) is 0 Å². The minimum Gasteiger partial charge on any atom is -0.469 e. The Morgan fingerprint density at radius 3 is 3.00 bits per heavy atom. The van der Waals surface area contributed by atoms with Gasteiger partial charge in [-0.15, -0.1) is 11.8 Å². The van der Waals surface area contributed by atoms with Crippen LogP contribution in [0.25, 0.3) is 0 Å². The van der Waals surface area contributed by atoms with Crippen LogP contribution in [-0.4, -0.2) is 40.9 Å². The molecule has 1 N–H and O–H groups in total. The molecule has 1 fully saturated rings. The predicted octanol–water partition coefficient (Wildman–Crippen LogP) is 2.27. The van der Waals surface area contributed by atoms with Gasteiger partial charge >= 0.3 is 0 Å². The molecule has 2 rings (SSSR count). The van der Waals surface area contributed by atoms with E-state index in [1.54, 1.807) is 22.7 Å². The van der Waals surface area contributed by atoms with Gasteiger partial charge in [0.05, 0.1) is 17.7 Å². The van der Waals surface area contributed by atoms with E-state index in [0.717, 1.165) is 12.8 Å². The number of nitrogens with zero attached hydrogens (tertiary/aromatic N) is 1. The first-order valence-electron chi connectivity index (χ1n) is 7.41. The van der Waals surface area contributed by atoms with E-state index in [4.69, 9.17) is 4.42 Å². The lowest BCUT2D eigenvalue weighted by molar-refractivity contribution is -0.124. The molecule has 0 radical (unpaired) electrons. The molecule has 1 aliphatic rings. The minimum absolute atomic E-state index is 0.0525. The van der Waals surface area contributed by atoms with Crippen LogP contribution in [0.3, 0.4) is 0 Å². The normalized spacial score (nSPS) is 18.0. The average Bonchev–Trinajstić information content (AvgIpc) is 3.15. The summed E-state index contributed by atoms with van der Waals surface area (Å²) >= 11 is 1.61. The van der Waals surface area contributed by atoms with Crippen LogP contribution in [0.4, 0.5) is 0 Å². The van der Waals surface area contributed by atoms with Gasteiger partial charge in [0, 0.05) is 18.7 Å². The molecule has 1 aliphatic heterocycles. The molecule has 5 nitrogen and oxygen atoms in total. The number of thioether (sulfide) groups is 1. The van der Waals surface area contributed by atoms with Gasteiger partial charge in [-0.1, -0.05) is 20.3 Å². The number of carbonyl (C=O) groups is 2. The SMILES string of the molecule is CCCCNC(=O)[C@H]1CSCN1C(=O)c1ccoc1CC. The van der Waals surface area contributed by atoms with Crippen LogP contribution in [0.2, 0.25) is 0 Å². The summed E-state index contributed by atoms with van der Waals surface area (Å²) in [7, 11) is 0. The van der Waals surface area contributed by atoms with E-state index in [-0.39, 0.29) is 17.9 Å². The lowest BCUT2D eigenvalue weighted by Crippen LogP contribution is -2.47. The topological polar surface area (TPSA) is 62.6 Å².